The second-order valence-corrected chi connectivity index (χ2v) is 7.93. The Labute approximate surface area is 159 Å². The normalized spacial score (nSPS) is 15.8. The Hall–Kier alpha value is -2.24. The lowest BCUT2D eigenvalue weighted by atomic mass is 9.83. The second kappa shape index (κ2) is 8.43. The summed E-state index contributed by atoms with van der Waals surface area (Å²) >= 11 is 3.06. The predicted molar refractivity (Wildman–Crippen MR) is 99.7 cm³/mol. The maximum atomic E-state index is 12.0. The highest BCUT2D eigenvalue weighted by Gasteiger charge is 2.33. The van der Waals surface area contributed by atoms with Gasteiger partial charge in [0.25, 0.3) is 5.91 Å². The molecule has 0 aromatic carbocycles. The third kappa shape index (κ3) is 4.68. The molecule has 0 spiro atoms. The van der Waals surface area contributed by atoms with Gasteiger partial charge in [0.2, 0.25) is 0 Å². The van der Waals surface area contributed by atoms with Crippen LogP contribution in [0.2, 0.25) is 0 Å². The first-order valence-electron chi connectivity index (χ1n) is 8.45. The Bertz CT molecular complexity index is 802. The SMILES string of the molecule is N#CC1(NC(=O)COC(=O)Cc2csc(-c3ccsc3)n2)CCCCC1. The van der Waals surface area contributed by atoms with Gasteiger partial charge in [0.1, 0.15) is 10.5 Å². The van der Waals surface area contributed by atoms with Crippen molar-refractivity contribution in [2.45, 2.75) is 44.1 Å². The van der Waals surface area contributed by atoms with E-state index in [-0.39, 0.29) is 13.0 Å². The highest BCUT2D eigenvalue weighted by molar-refractivity contribution is 7.14. The molecule has 8 heteroatoms. The summed E-state index contributed by atoms with van der Waals surface area (Å²) in [5.74, 6) is -0.934. The molecule has 2 aromatic heterocycles. The van der Waals surface area contributed by atoms with E-state index in [2.05, 4.69) is 16.4 Å². The minimum absolute atomic E-state index is 0.0251. The molecule has 2 aromatic rings. The van der Waals surface area contributed by atoms with Crippen LogP contribution in [0.1, 0.15) is 37.8 Å². The molecule has 0 radical (unpaired) electrons. The van der Waals surface area contributed by atoms with Crippen LogP contribution in [0.4, 0.5) is 0 Å². The van der Waals surface area contributed by atoms with Gasteiger partial charge < -0.3 is 10.1 Å². The van der Waals surface area contributed by atoms with Gasteiger partial charge in [0, 0.05) is 16.3 Å². The monoisotopic (exact) mass is 389 g/mol. The number of nitriles is 1. The van der Waals surface area contributed by atoms with Crippen LogP contribution in [0.25, 0.3) is 10.6 Å². The predicted octanol–water partition coefficient (Wildman–Crippen LogP) is 3.30. The molecular weight excluding hydrogens is 370 g/mol. The number of nitrogens with one attached hydrogen (secondary N) is 1. The maximum Gasteiger partial charge on any atom is 0.312 e. The molecule has 0 aliphatic heterocycles. The zero-order valence-corrected chi connectivity index (χ0v) is 15.8. The van der Waals surface area contributed by atoms with Crippen molar-refractivity contribution in [3.8, 4) is 16.6 Å². The van der Waals surface area contributed by atoms with Crippen LogP contribution in [0.5, 0.6) is 0 Å². The fourth-order valence-corrected chi connectivity index (χ4v) is 4.51. The van der Waals surface area contributed by atoms with Crippen molar-refractivity contribution in [3.05, 3.63) is 27.9 Å². The Morgan fingerprint density at radius 3 is 2.81 bits per heavy atom. The highest BCUT2D eigenvalue weighted by Crippen LogP contribution is 2.27. The molecule has 1 aliphatic carbocycles. The molecule has 3 rings (SSSR count). The van der Waals surface area contributed by atoms with Crippen LogP contribution in [0, 0.1) is 11.3 Å². The average molecular weight is 390 g/mol. The molecule has 0 saturated heterocycles. The minimum atomic E-state index is -0.813. The van der Waals surface area contributed by atoms with Crippen LogP contribution in [0.15, 0.2) is 22.2 Å². The number of amides is 1. The number of ether oxygens (including phenoxy) is 1. The van der Waals surface area contributed by atoms with E-state index >= 15 is 0 Å². The van der Waals surface area contributed by atoms with E-state index in [1.54, 1.807) is 11.3 Å². The average Bonchev–Trinajstić information content (AvgIpc) is 3.32. The molecule has 1 aliphatic rings. The van der Waals surface area contributed by atoms with E-state index in [0.717, 1.165) is 29.8 Å². The summed E-state index contributed by atoms with van der Waals surface area (Å²) < 4.78 is 5.05. The van der Waals surface area contributed by atoms with Crippen molar-refractivity contribution in [2.24, 2.45) is 0 Å². The number of thiazole rings is 1. The van der Waals surface area contributed by atoms with Crippen LogP contribution in [-0.2, 0) is 20.7 Å². The standard InChI is InChI=1S/C18H19N3O3S2/c19-12-18(5-2-1-3-6-18)21-15(22)9-24-16(23)8-14-11-26-17(20-14)13-4-7-25-10-13/h4,7,10-11H,1-3,5-6,8-9H2,(H,21,22). The third-order valence-electron chi connectivity index (χ3n) is 4.31. The number of hydrogen-bond donors (Lipinski definition) is 1. The third-order valence-corrected chi connectivity index (χ3v) is 5.93. The molecule has 1 fully saturated rings. The number of hydrogen-bond acceptors (Lipinski definition) is 7. The quantitative estimate of drug-likeness (QED) is 0.765. The molecule has 136 valence electrons. The summed E-state index contributed by atoms with van der Waals surface area (Å²) in [4.78, 5) is 28.4. The van der Waals surface area contributed by atoms with Crippen molar-refractivity contribution in [2.75, 3.05) is 6.61 Å². The Morgan fingerprint density at radius 2 is 2.12 bits per heavy atom. The number of esters is 1. The summed E-state index contributed by atoms with van der Waals surface area (Å²) in [7, 11) is 0. The number of carbonyl (C=O) groups is 2. The lowest BCUT2D eigenvalue weighted by Crippen LogP contribution is -2.50. The van der Waals surface area contributed by atoms with E-state index in [4.69, 9.17) is 4.74 Å². The summed E-state index contributed by atoms with van der Waals surface area (Å²) in [6.45, 7) is -0.371. The molecule has 26 heavy (non-hydrogen) atoms. The maximum absolute atomic E-state index is 12.0. The van der Waals surface area contributed by atoms with Crippen molar-refractivity contribution in [1.82, 2.24) is 10.3 Å². The number of aromatic nitrogens is 1. The summed E-state index contributed by atoms with van der Waals surface area (Å²) in [5, 5.41) is 18.8. The first kappa shape index (κ1) is 18.5. The first-order valence-corrected chi connectivity index (χ1v) is 10.3. The van der Waals surface area contributed by atoms with Gasteiger partial charge in [0.15, 0.2) is 6.61 Å². The summed E-state index contributed by atoms with van der Waals surface area (Å²) in [6, 6.07) is 4.19. The van der Waals surface area contributed by atoms with Crippen molar-refractivity contribution >= 4 is 34.6 Å². The van der Waals surface area contributed by atoms with Crippen molar-refractivity contribution < 1.29 is 14.3 Å². The van der Waals surface area contributed by atoms with Gasteiger partial charge in [-0.25, -0.2) is 4.98 Å². The molecule has 6 nitrogen and oxygen atoms in total. The smallest absolute Gasteiger partial charge is 0.312 e. The Kier molecular flexibility index (Phi) is 6.01. The van der Waals surface area contributed by atoms with Crippen molar-refractivity contribution in [1.29, 1.82) is 5.26 Å². The van der Waals surface area contributed by atoms with Gasteiger partial charge >= 0.3 is 5.97 Å². The van der Waals surface area contributed by atoms with Crippen LogP contribution < -0.4 is 5.32 Å². The lowest BCUT2D eigenvalue weighted by molar-refractivity contribution is -0.148. The molecular formula is C18H19N3O3S2. The molecule has 0 unspecified atom stereocenters. The number of thiophene rings is 1. The Morgan fingerprint density at radius 1 is 1.31 bits per heavy atom. The van der Waals surface area contributed by atoms with Crippen LogP contribution in [-0.4, -0.2) is 29.0 Å². The largest absolute Gasteiger partial charge is 0.455 e. The van der Waals surface area contributed by atoms with Gasteiger partial charge in [0.05, 0.1) is 18.2 Å². The summed E-state index contributed by atoms with van der Waals surface area (Å²) in [5.41, 5.74) is 0.849. The van der Waals surface area contributed by atoms with Crippen LogP contribution >= 0.6 is 22.7 Å². The van der Waals surface area contributed by atoms with Crippen LogP contribution in [0.3, 0.4) is 0 Å². The Balaban J connectivity index is 1.46. The molecule has 2 heterocycles. The topological polar surface area (TPSA) is 92.1 Å². The van der Waals surface area contributed by atoms with E-state index in [1.807, 2.05) is 22.2 Å². The number of nitrogens with zero attached hydrogens (tertiary/aromatic N) is 2. The molecule has 0 atom stereocenters. The molecule has 1 amide bonds. The highest BCUT2D eigenvalue weighted by atomic mass is 32.1. The van der Waals surface area contributed by atoms with E-state index in [9.17, 15) is 14.9 Å². The molecule has 1 saturated carbocycles. The number of rotatable bonds is 6. The van der Waals surface area contributed by atoms with E-state index in [1.165, 1.54) is 11.3 Å². The minimum Gasteiger partial charge on any atom is -0.455 e. The van der Waals surface area contributed by atoms with Gasteiger partial charge in [-0.1, -0.05) is 19.3 Å². The zero-order chi connectivity index (χ0) is 18.4. The molecule has 0 bridgehead atoms. The van der Waals surface area contributed by atoms with Gasteiger partial charge in [-0.15, -0.1) is 11.3 Å². The fraction of sp³-hybridized carbons (Fsp3) is 0.444. The summed E-state index contributed by atoms with van der Waals surface area (Å²) in [6.07, 6.45) is 4.24. The van der Waals surface area contributed by atoms with E-state index in [0.29, 0.717) is 18.5 Å². The lowest BCUT2D eigenvalue weighted by Gasteiger charge is -2.31. The van der Waals surface area contributed by atoms with Gasteiger partial charge in [-0.2, -0.15) is 16.6 Å². The second-order valence-electron chi connectivity index (χ2n) is 6.30. The fourth-order valence-electron chi connectivity index (χ4n) is 2.97. The molecule has 1 N–H and O–H groups in total. The first-order chi connectivity index (χ1) is 12.6. The number of carbonyl (C=O) groups excluding carboxylic acids is 2. The van der Waals surface area contributed by atoms with Crippen molar-refractivity contribution in [3.63, 3.8) is 0 Å². The van der Waals surface area contributed by atoms with Gasteiger partial charge in [-0.3, -0.25) is 9.59 Å². The van der Waals surface area contributed by atoms with E-state index < -0.39 is 17.4 Å². The van der Waals surface area contributed by atoms with Gasteiger partial charge in [-0.05, 0) is 24.3 Å². The zero-order valence-electron chi connectivity index (χ0n) is 14.2.